The average molecular weight is 306 g/mol. The summed E-state index contributed by atoms with van der Waals surface area (Å²) in [4.78, 5) is 4.71. The van der Waals surface area contributed by atoms with Gasteiger partial charge in [0.2, 0.25) is 0 Å². The van der Waals surface area contributed by atoms with E-state index < -0.39 is 9.84 Å². The molecule has 0 spiro atoms. The predicted molar refractivity (Wildman–Crippen MR) is 87.2 cm³/mol. The minimum atomic E-state index is -2.90. The minimum Gasteiger partial charge on any atom is -0.312 e. The lowest BCUT2D eigenvalue weighted by molar-refractivity contribution is 0.526. The van der Waals surface area contributed by atoms with Gasteiger partial charge < -0.3 is 5.32 Å². The molecule has 1 aromatic heterocycles. The number of hydrogen-bond donors (Lipinski definition) is 1. The van der Waals surface area contributed by atoms with Gasteiger partial charge in [0.05, 0.1) is 11.2 Å². The first-order chi connectivity index (χ1) is 9.90. The molecule has 1 heterocycles. The van der Waals surface area contributed by atoms with Crippen LogP contribution < -0.4 is 5.32 Å². The zero-order chi connectivity index (χ0) is 15.5. The largest absolute Gasteiger partial charge is 0.312 e. The summed E-state index contributed by atoms with van der Waals surface area (Å²) >= 11 is 0. The third kappa shape index (κ3) is 4.25. The molecule has 114 valence electrons. The highest BCUT2D eigenvalue weighted by Gasteiger charge is 2.14. The Labute approximate surface area is 126 Å². The molecule has 0 aliphatic carbocycles. The molecule has 5 heteroatoms. The van der Waals surface area contributed by atoms with Crippen LogP contribution in [0.3, 0.4) is 0 Å². The summed E-state index contributed by atoms with van der Waals surface area (Å²) in [5, 5.41) is 4.40. The zero-order valence-electron chi connectivity index (χ0n) is 12.8. The summed E-state index contributed by atoms with van der Waals surface area (Å²) in [5.41, 5.74) is 3.15. The van der Waals surface area contributed by atoms with E-state index in [2.05, 4.69) is 24.4 Å². The Morgan fingerprint density at radius 2 is 2.00 bits per heavy atom. The van der Waals surface area contributed by atoms with E-state index in [1.165, 1.54) is 11.8 Å². The molecule has 4 nitrogen and oxygen atoms in total. The fraction of sp³-hybridized carbons (Fsp3) is 0.438. The first-order valence-corrected chi connectivity index (χ1v) is 9.18. The second-order valence-electron chi connectivity index (χ2n) is 5.49. The molecule has 21 heavy (non-hydrogen) atoms. The molecule has 0 saturated heterocycles. The highest BCUT2D eigenvalue weighted by molar-refractivity contribution is 7.90. The van der Waals surface area contributed by atoms with Crippen molar-refractivity contribution in [1.82, 2.24) is 10.3 Å². The van der Waals surface area contributed by atoms with E-state index in [1.54, 1.807) is 0 Å². The fourth-order valence-corrected chi connectivity index (χ4v) is 3.23. The van der Waals surface area contributed by atoms with Crippen molar-refractivity contribution >= 4 is 20.7 Å². The third-order valence-corrected chi connectivity index (χ3v) is 4.69. The fourth-order valence-electron chi connectivity index (χ4n) is 2.54. The Morgan fingerprint density at radius 3 is 2.67 bits per heavy atom. The molecular weight excluding hydrogens is 284 g/mol. The predicted octanol–water partition coefficient (Wildman–Crippen LogP) is 2.63. The van der Waals surface area contributed by atoms with E-state index in [1.807, 2.05) is 25.2 Å². The van der Waals surface area contributed by atoms with Crippen molar-refractivity contribution in [3.05, 3.63) is 41.6 Å². The molecule has 0 bridgehead atoms. The number of nitrogens with zero attached hydrogens (tertiary/aromatic N) is 1. The van der Waals surface area contributed by atoms with Crippen LogP contribution in [0.2, 0.25) is 0 Å². The van der Waals surface area contributed by atoms with Crippen LogP contribution in [0.5, 0.6) is 0 Å². The van der Waals surface area contributed by atoms with Crippen molar-refractivity contribution in [2.45, 2.75) is 25.8 Å². The number of fused-ring (bicyclic) bond motifs is 1. The maximum absolute atomic E-state index is 11.2. The number of sulfone groups is 1. The maximum Gasteiger partial charge on any atom is 0.147 e. The smallest absolute Gasteiger partial charge is 0.147 e. The number of benzene rings is 1. The normalized spacial score (nSPS) is 13.5. The van der Waals surface area contributed by atoms with Gasteiger partial charge in [0.1, 0.15) is 9.84 Å². The van der Waals surface area contributed by atoms with Crippen LogP contribution in [0.1, 0.15) is 30.1 Å². The number of rotatable bonds is 6. The number of para-hydroxylation sites is 1. The Kier molecular flexibility index (Phi) is 4.96. The van der Waals surface area contributed by atoms with Crippen LogP contribution in [0.4, 0.5) is 0 Å². The molecular formula is C16H22N2O2S. The standard InChI is InChI=1S/C16H22N2O2S/c1-12-11-16(18-14-8-5-4-7-13(12)14)15(17-2)9-6-10-21(3,19)20/h4-5,7-8,11,15,17H,6,9-10H2,1-3H3. The molecule has 1 unspecified atom stereocenters. The number of pyridine rings is 1. The summed E-state index contributed by atoms with van der Waals surface area (Å²) in [6.45, 7) is 2.08. The van der Waals surface area contributed by atoms with E-state index in [0.717, 1.165) is 23.0 Å². The Bertz CT molecular complexity index is 726. The highest BCUT2D eigenvalue weighted by atomic mass is 32.2. The Balaban J connectivity index is 2.22. The second-order valence-corrected chi connectivity index (χ2v) is 7.75. The van der Waals surface area contributed by atoms with Crippen molar-refractivity contribution in [2.24, 2.45) is 0 Å². The SMILES string of the molecule is CNC(CCCS(C)(=O)=O)c1cc(C)c2ccccc2n1. The van der Waals surface area contributed by atoms with Crippen molar-refractivity contribution < 1.29 is 8.42 Å². The highest BCUT2D eigenvalue weighted by Crippen LogP contribution is 2.23. The molecule has 2 aromatic rings. The summed E-state index contributed by atoms with van der Waals surface area (Å²) < 4.78 is 22.5. The number of hydrogen-bond acceptors (Lipinski definition) is 4. The molecule has 1 N–H and O–H groups in total. The zero-order valence-corrected chi connectivity index (χ0v) is 13.6. The Hall–Kier alpha value is -1.46. The van der Waals surface area contributed by atoms with Crippen molar-refractivity contribution in [1.29, 1.82) is 0 Å². The van der Waals surface area contributed by atoms with Gasteiger partial charge in [0, 0.05) is 23.4 Å². The van der Waals surface area contributed by atoms with E-state index in [4.69, 9.17) is 4.98 Å². The minimum absolute atomic E-state index is 0.0788. The molecule has 0 radical (unpaired) electrons. The van der Waals surface area contributed by atoms with Gasteiger partial charge in [-0.1, -0.05) is 18.2 Å². The van der Waals surface area contributed by atoms with Crippen molar-refractivity contribution in [3.63, 3.8) is 0 Å². The Morgan fingerprint density at radius 1 is 1.29 bits per heavy atom. The summed E-state index contributed by atoms with van der Waals surface area (Å²) in [6.07, 6.45) is 2.67. The lowest BCUT2D eigenvalue weighted by Gasteiger charge is -2.17. The molecule has 0 amide bonds. The van der Waals surface area contributed by atoms with Gasteiger partial charge in [0.25, 0.3) is 0 Å². The molecule has 1 atom stereocenters. The summed E-state index contributed by atoms with van der Waals surface area (Å²) in [6, 6.07) is 10.2. The van der Waals surface area contributed by atoms with E-state index >= 15 is 0 Å². The van der Waals surface area contributed by atoms with Gasteiger partial charge in [0.15, 0.2) is 0 Å². The quantitative estimate of drug-likeness (QED) is 0.891. The van der Waals surface area contributed by atoms with E-state index in [9.17, 15) is 8.42 Å². The van der Waals surface area contributed by atoms with E-state index in [-0.39, 0.29) is 11.8 Å². The van der Waals surface area contributed by atoms with Gasteiger partial charge in [-0.25, -0.2) is 8.42 Å². The van der Waals surface area contributed by atoms with Crippen LogP contribution in [0, 0.1) is 6.92 Å². The van der Waals surface area contributed by atoms with Gasteiger partial charge in [-0.05, 0) is 44.5 Å². The summed E-state index contributed by atoms with van der Waals surface area (Å²) in [5.74, 6) is 0.220. The van der Waals surface area contributed by atoms with Gasteiger partial charge >= 0.3 is 0 Å². The van der Waals surface area contributed by atoms with Crippen LogP contribution in [0.15, 0.2) is 30.3 Å². The summed E-state index contributed by atoms with van der Waals surface area (Å²) in [7, 11) is -1.01. The van der Waals surface area contributed by atoms with Gasteiger partial charge in [-0.3, -0.25) is 4.98 Å². The topological polar surface area (TPSA) is 59.1 Å². The lowest BCUT2D eigenvalue weighted by atomic mass is 10.0. The molecule has 1 aromatic carbocycles. The van der Waals surface area contributed by atoms with Crippen LogP contribution in [-0.2, 0) is 9.84 Å². The molecule has 0 aliphatic rings. The monoisotopic (exact) mass is 306 g/mol. The number of nitrogens with one attached hydrogen (secondary N) is 1. The van der Waals surface area contributed by atoms with Gasteiger partial charge in [-0.15, -0.1) is 0 Å². The molecule has 2 rings (SSSR count). The number of aromatic nitrogens is 1. The van der Waals surface area contributed by atoms with Crippen LogP contribution in [0.25, 0.3) is 10.9 Å². The van der Waals surface area contributed by atoms with Crippen molar-refractivity contribution in [2.75, 3.05) is 19.1 Å². The molecule has 0 fully saturated rings. The van der Waals surface area contributed by atoms with E-state index in [0.29, 0.717) is 6.42 Å². The average Bonchev–Trinajstić information content (AvgIpc) is 2.42. The lowest BCUT2D eigenvalue weighted by Crippen LogP contribution is -2.19. The van der Waals surface area contributed by atoms with Crippen molar-refractivity contribution in [3.8, 4) is 0 Å². The number of aryl methyl sites for hydroxylation is 1. The first kappa shape index (κ1) is 15.9. The maximum atomic E-state index is 11.2. The molecule has 0 saturated carbocycles. The third-order valence-electron chi connectivity index (χ3n) is 3.66. The molecule has 0 aliphatic heterocycles. The van der Waals surface area contributed by atoms with Crippen LogP contribution >= 0.6 is 0 Å². The van der Waals surface area contributed by atoms with Gasteiger partial charge in [-0.2, -0.15) is 0 Å². The first-order valence-electron chi connectivity index (χ1n) is 7.12. The second kappa shape index (κ2) is 6.54. The van der Waals surface area contributed by atoms with Crippen LogP contribution in [-0.4, -0.2) is 32.5 Å².